The number of carbonyl (C=O) groups is 4. The number of rotatable bonds is 7. The van der Waals surface area contributed by atoms with E-state index in [-0.39, 0.29) is 0 Å². The highest BCUT2D eigenvalue weighted by molar-refractivity contribution is 6.80. The average molecular weight is 338 g/mol. The van der Waals surface area contributed by atoms with Crippen LogP contribution in [0.4, 0.5) is 0 Å². The van der Waals surface area contributed by atoms with Crippen LogP contribution >= 0.6 is 0 Å². The van der Waals surface area contributed by atoms with Crippen molar-refractivity contribution in [2.45, 2.75) is 43.7 Å². The van der Waals surface area contributed by atoms with E-state index in [4.69, 9.17) is 31.9 Å². The molecule has 0 saturated carbocycles. The molecule has 0 amide bonds. The molecular formula is C11H22N2O8Si. The molecule has 0 aliphatic carbocycles. The highest BCUT2D eigenvalue weighted by Gasteiger charge is 2.41. The Balaban J connectivity index is 0. The molecule has 0 spiro atoms. The van der Waals surface area contributed by atoms with Crippen LogP contribution in [0.1, 0.15) is 6.42 Å². The smallest absolute Gasteiger partial charge is 0.321 e. The molecule has 0 aromatic rings. The molecule has 0 heterocycles. The summed E-state index contributed by atoms with van der Waals surface area (Å²) in [4.78, 5) is 40.9. The summed E-state index contributed by atoms with van der Waals surface area (Å²) in [6.07, 6.45) is -0.532. The topological polar surface area (TPSA) is 201 Å². The van der Waals surface area contributed by atoms with E-state index in [0.717, 1.165) is 0 Å². The van der Waals surface area contributed by atoms with Gasteiger partial charge in [0.15, 0.2) is 0 Å². The number of carboxylic acid groups (broad SMARTS) is 4. The molecule has 0 fully saturated rings. The van der Waals surface area contributed by atoms with Gasteiger partial charge in [-0.05, 0) is 0 Å². The minimum Gasteiger partial charge on any atom is -0.481 e. The minimum absolute atomic E-state index is 0.532. The number of aliphatic carboxylic acids is 4. The summed E-state index contributed by atoms with van der Waals surface area (Å²) in [5.41, 5.74) is 9.20. The molecule has 0 aliphatic heterocycles. The lowest BCUT2D eigenvalue weighted by molar-refractivity contribution is -0.145. The van der Waals surface area contributed by atoms with E-state index in [9.17, 15) is 19.2 Å². The normalized spacial score (nSPS) is 14.8. The molecule has 3 atom stereocenters. The van der Waals surface area contributed by atoms with Crippen molar-refractivity contribution in [1.82, 2.24) is 0 Å². The first-order valence-electron chi connectivity index (χ1n) is 6.13. The molecule has 0 rings (SSSR count). The summed E-state index contributed by atoms with van der Waals surface area (Å²) in [5.74, 6) is -4.87. The number of carboxylic acids is 4. The van der Waals surface area contributed by atoms with Gasteiger partial charge >= 0.3 is 23.9 Å². The van der Waals surface area contributed by atoms with Gasteiger partial charge in [0.1, 0.15) is 12.1 Å². The Labute approximate surface area is 127 Å². The van der Waals surface area contributed by atoms with Crippen LogP contribution in [0.5, 0.6) is 0 Å². The summed E-state index contributed by atoms with van der Waals surface area (Å²) in [6.45, 7) is 5.36. The molecule has 0 aromatic carbocycles. The first-order chi connectivity index (χ1) is 9.71. The largest absolute Gasteiger partial charge is 0.481 e. The van der Waals surface area contributed by atoms with Gasteiger partial charge in [-0.2, -0.15) is 0 Å². The maximum absolute atomic E-state index is 10.8. The maximum atomic E-state index is 10.8. The van der Waals surface area contributed by atoms with Crippen molar-refractivity contribution in [2.24, 2.45) is 11.5 Å². The zero-order chi connectivity index (χ0) is 18.2. The van der Waals surface area contributed by atoms with Crippen LogP contribution in [-0.2, 0) is 19.2 Å². The van der Waals surface area contributed by atoms with E-state index in [2.05, 4.69) is 0 Å². The molecule has 0 saturated heterocycles. The molecule has 0 radical (unpaired) electrons. The molecule has 10 nitrogen and oxygen atoms in total. The Bertz CT molecular complexity index is 434. The number of hydrogen-bond acceptors (Lipinski definition) is 6. The van der Waals surface area contributed by atoms with E-state index in [0.29, 0.717) is 0 Å². The zero-order valence-electron chi connectivity index (χ0n) is 12.5. The number of hydrogen-bond donors (Lipinski definition) is 6. The average Bonchev–Trinajstić information content (AvgIpc) is 2.25. The van der Waals surface area contributed by atoms with Crippen molar-refractivity contribution in [3.63, 3.8) is 0 Å². The fourth-order valence-electron chi connectivity index (χ4n) is 1.48. The molecule has 128 valence electrons. The lowest BCUT2D eigenvalue weighted by Crippen LogP contribution is -2.49. The Morgan fingerprint density at radius 1 is 0.864 bits per heavy atom. The second-order valence-corrected chi connectivity index (χ2v) is 10.9. The van der Waals surface area contributed by atoms with Crippen molar-refractivity contribution in [3.05, 3.63) is 0 Å². The SMILES string of the molecule is C[Si](C)(C)C(C(=O)O)[C@H](N)C(=O)O.N[C@@H](CC(=O)O)C(=O)O. The summed E-state index contributed by atoms with van der Waals surface area (Å²) >= 11 is 0. The van der Waals surface area contributed by atoms with Gasteiger partial charge in [0.25, 0.3) is 0 Å². The summed E-state index contributed by atoms with van der Waals surface area (Å²) < 4.78 is 0. The van der Waals surface area contributed by atoms with Crippen molar-refractivity contribution in [1.29, 1.82) is 0 Å². The number of nitrogens with two attached hydrogens (primary N) is 2. The summed E-state index contributed by atoms with van der Waals surface area (Å²) in [5, 5.41) is 33.5. The summed E-state index contributed by atoms with van der Waals surface area (Å²) in [7, 11) is -2.08. The molecule has 8 N–H and O–H groups in total. The summed E-state index contributed by atoms with van der Waals surface area (Å²) in [6, 6.07) is -2.59. The fourth-order valence-corrected chi connectivity index (χ4v) is 3.44. The lowest BCUT2D eigenvalue weighted by atomic mass is 10.2. The van der Waals surface area contributed by atoms with Crippen molar-refractivity contribution in [2.75, 3.05) is 0 Å². The predicted octanol–water partition coefficient (Wildman–Crippen LogP) is -0.936. The van der Waals surface area contributed by atoms with Gasteiger partial charge in [-0.1, -0.05) is 19.6 Å². The van der Waals surface area contributed by atoms with E-state index in [1.807, 2.05) is 0 Å². The first-order valence-corrected chi connectivity index (χ1v) is 9.70. The zero-order valence-corrected chi connectivity index (χ0v) is 13.5. The minimum atomic E-state index is -2.08. The highest BCUT2D eigenvalue weighted by Crippen LogP contribution is 2.24. The molecule has 1 unspecified atom stereocenters. The molecule has 0 bridgehead atoms. The Morgan fingerprint density at radius 2 is 1.27 bits per heavy atom. The van der Waals surface area contributed by atoms with Crippen molar-refractivity contribution in [3.8, 4) is 0 Å². The van der Waals surface area contributed by atoms with Crippen LogP contribution < -0.4 is 11.5 Å². The molecule has 0 aliphatic rings. The second kappa shape index (κ2) is 9.12. The van der Waals surface area contributed by atoms with Crippen LogP contribution in [0.3, 0.4) is 0 Å². The molecule has 11 heteroatoms. The molecular weight excluding hydrogens is 316 g/mol. The third-order valence-corrected chi connectivity index (χ3v) is 5.03. The standard InChI is InChI=1S/C7H15NO4Si.C4H7NO4/c1-13(2,3)5(7(11)12)4(8)6(9)10;5-2(4(8)9)1-3(6)7/h4-5H,8H2,1-3H3,(H,9,10)(H,11,12);2H,1,5H2,(H,6,7)(H,8,9)/t4-,5?;2-/m00/s1. The Morgan fingerprint density at radius 3 is 1.36 bits per heavy atom. The van der Waals surface area contributed by atoms with Crippen LogP contribution in [0.2, 0.25) is 25.2 Å². The van der Waals surface area contributed by atoms with Crippen LogP contribution in [-0.4, -0.2) is 64.5 Å². The van der Waals surface area contributed by atoms with E-state index in [1.165, 1.54) is 0 Å². The second-order valence-electron chi connectivity index (χ2n) is 5.59. The van der Waals surface area contributed by atoms with Crippen molar-refractivity contribution < 1.29 is 39.6 Å². The van der Waals surface area contributed by atoms with Crippen LogP contribution in [0, 0.1) is 0 Å². The van der Waals surface area contributed by atoms with Crippen LogP contribution in [0.15, 0.2) is 0 Å². The monoisotopic (exact) mass is 338 g/mol. The fraction of sp³-hybridized carbons (Fsp3) is 0.636. The van der Waals surface area contributed by atoms with Gasteiger partial charge in [0.05, 0.1) is 20.0 Å². The van der Waals surface area contributed by atoms with Gasteiger partial charge in [-0.3, -0.25) is 19.2 Å². The van der Waals surface area contributed by atoms with Gasteiger partial charge < -0.3 is 31.9 Å². The maximum Gasteiger partial charge on any atom is 0.321 e. The van der Waals surface area contributed by atoms with Gasteiger partial charge in [-0.15, -0.1) is 0 Å². The van der Waals surface area contributed by atoms with Gasteiger partial charge in [0, 0.05) is 0 Å². The molecule has 22 heavy (non-hydrogen) atoms. The van der Waals surface area contributed by atoms with Gasteiger partial charge in [-0.25, -0.2) is 0 Å². The van der Waals surface area contributed by atoms with Crippen molar-refractivity contribution >= 4 is 32.0 Å². The first kappa shape index (κ1) is 22.3. The predicted molar refractivity (Wildman–Crippen MR) is 78.2 cm³/mol. The molecule has 0 aromatic heterocycles. The Kier molecular flexibility index (Phi) is 9.24. The van der Waals surface area contributed by atoms with E-state index >= 15 is 0 Å². The van der Waals surface area contributed by atoms with E-state index in [1.54, 1.807) is 19.6 Å². The quantitative estimate of drug-likeness (QED) is 0.314. The lowest BCUT2D eigenvalue weighted by Gasteiger charge is -2.27. The van der Waals surface area contributed by atoms with Crippen LogP contribution in [0.25, 0.3) is 0 Å². The third-order valence-electron chi connectivity index (χ3n) is 2.56. The third kappa shape index (κ3) is 9.04. The van der Waals surface area contributed by atoms with Gasteiger partial charge in [0.2, 0.25) is 0 Å². The Hall–Kier alpha value is -1.98. The highest BCUT2D eigenvalue weighted by atomic mass is 28.3. The van der Waals surface area contributed by atoms with E-state index < -0.39 is 56.0 Å².